The van der Waals surface area contributed by atoms with Crippen LogP contribution in [0.2, 0.25) is 0 Å². The quantitative estimate of drug-likeness (QED) is 0.784. The van der Waals surface area contributed by atoms with Gasteiger partial charge in [-0.15, -0.1) is 11.8 Å². The number of hydrogen-bond donors (Lipinski definition) is 1. The summed E-state index contributed by atoms with van der Waals surface area (Å²) in [6.45, 7) is 0. The second kappa shape index (κ2) is 6.05. The molecule has 4 aliphatic rings. The predicted octanol–water partition coefficient (Wildman–Crippen LogP) is 5.02. The van der Waals surface area contributed by atoms with Crippen LogP contribution in [0.25, 0.3) is 10.8 Å². The maximum absolute atomic E-state index is 12.7. The molecule has 0 heterocycles. The van der Waals surface area contributed by atoms with Crippen LogP contribution in [0, 0.1) is 17.8 Å². The number of fused-ring (bicyclic) bond motifs is 1. The molecule has 0 aliphatic heterocycles. The first-order valence-corrected chi connectivity index (χ1v) is 10.6. The van der Waals surface area contributed by atoms with Gasteiger partial charge in [-0.25, -0.2) is 0 Å². The van der Waals surface area contributed by atoms with Crippen molar-refractivity contribution in [2.24, 2.45) is 17.8 Å². The van der Waals surface area contributed by atoms with Gasteiger partial charge in [-0.2, -0.15) is 0 Å². The second-order valence-electron chi connectivity index (χ2n) is 8.51. The number of hydrogen-bond acceptors (Lipinski definition) is 2. The zero-order valence-electron chi connectivity index (χ0n) is 14.5. The van der Waals surface area contributed by atoms with Crippen LogP contribution >= 0.6 is 11.8 Å². The first kappa shape index (κ1) is 15.7. The van der Waals surface area contributed by atoms with Crippen LogP contribution in [0.5, 0.6) is 0 Å². The van der Waals surface area contributed by atoms with Crippen LogP contribution < -0.4 is 5.32 Å². The lowest BCUT2D eigenvalue weighted by Gasteiger charge is -2.56. The van der Waals surface area contributed by atoms with E-state index in [0.717, 1.165) is 17.8 Å². The highest BCUT2D eigenvalue weighted by atomic mass is 32.2. The van der Waals surface area contributed by atoms with E-state index in [0.29, 0.717) is 5.75 Å². The van der Waals surface area contributed by atoms with Crippen molar-refractivity contribution in [3.63, 3.8) is 0 Å². The molecule has 6 rings (SSSR count). The molecule has 0 aromatic heterocycles. The molecule has 0 atom stereocenters. The molecule has 0 saturated heterocycles. The Hall–Kier alpha value is -1.48. The molecule has 25 heavy (non-hydrogen) atoms. The van der Waals surface area contributed by atoms with E-state index in [9.17, 15) is 4.79 Å². The molecule has 4 fully saturated rings. The maximum Gasteiger partial charge on any atom is 0.230 e. The molecular weight excluding hydrogens is 326 g/mol. The van der Waals surface area contributed by atoms with E-state index in [1.807, 2.05) is 0 Å². The van der Waals surface area contributed by atoms with E-state index in [2.05, 4.69) is 47.8 Å². The summed E-state index contributed by atoms with van der Waals surface area (Å²) in [7, 11) is 0. The molecule has 2 aromatic rings. The highest BCUT2D eigenvalue weighted by molar-refractivity contribution is 8.00. The molecule has 130 valence electrons. The highest BCUT2D eigenvalue weighted by Crippen LogP contribution is 2.55. The van der Waals surface area contributed by atoms with E-state index in [1.165, 1.54) is 54.2 Å². The van der Waals surface area contributed by atoms with Crippen molar-refractivity contribution < 1.29 is 4.79 Å². The van der Waals surface area contributed by atoms with Gasteiger partial charge in [0.25, 0.3) is 0 Å². The van der Waals surface area contributed by atoms with Gasteiger partial charge in [-0.1, -0.05) is 36.4 Å². The number of thioether (sulfide) groups is 1. The molecule has 4 saturated carbocycles. The minimum absolute atomic E-state index is 0.130. The Morgan fingerprint density at radius 3 is 2.32 bits per heavy atom. The van der Waals surface area contributed by atoms with Crippen molar-refractivity contribution in [3.8, 4) is 0 Å². The number of carbonyl (C=O) groups excluding carboxylic acids is 1. The summed E-state index contributed by atoms with van der Waals surface area (Å²) in [5, 5.41) is 5.98. The first-order chi connectivity index (χ1) is 12.2. The highest BCUT2D eigenvalue weighted by Gasteiger charge is 2.51. The minimum Gasteiger partial charge on any atom is -0.350 e. The van der Waals surface area contributed by atoms with Gasteiger partial charge in [0, 0.05) is 10.4 Å². The molecular formula is C22H25NOS. The van der Waals surface area contributed by atoms with Gasteiger partial charge in [-0.3, -0.25) is 4.79 Å². The number of nitrogens with one attached hydrogen (secondary N) is 1. The van der Waals surface area contributed by atoms with Crippen LogP contribution in [0.1, 0.15) is 38.5 Å². The number of carbonyl (C=O) groups is 1. The van der Waals surface area contributed by atoms with E-state index in [-0.39, 0.29) is 11.4 Å². The minimum atomic E-state index is 0.130. The fourth-order valence-corrected chi connectivity index (χ4v) is 6.94. The van der Waals surface area contributed by atoms with E-state index >= 15 is 0 Å². The SMILES string of the molecule is O=C(CSc1cccc2ccccc12)NC12CC3CC(CC(C3)C1)C2. The predicted molar refractivity (Wildman–Crippen MR) is 104 cm³/mol. The third kappa shape index (κ3) is 2.97. The Morgan fingerprint density at radius 2 is 1.60 bits per heavy atom. The number of amides is 1. The standard InChI is InChI=1S/C22H25NOS/c24-21(14-25-20-7-3-5-18-4-1-2-6-19(18)20)23-22-11-15-8-16(12-22)10-17(9-15)13-22/h1-7,15-17H,8-14H2,(H,23,24). The number of rotatable bonds is 4. The molecule has 0 unspecified atom stereocenters. The van der Waals surface area contributed by atoms with Crippen LogP contribution in [-0.2, 0) is 4.79 Å². The Balaban J connectivity index is 1.27. The molecule has 2 nitrogen and oxygen atoms in total. The third-order valence-corrected chi connectivity index (χ3v) is 7.62. The van der Waals surface area contributed by atoms with E-state index in [4.69, 9.17) is 0 Å². The van der Waals surface area contributed by atoms with Gasteiger partial charge in [0.2, 0.25) is 5.91 Å². The summed E-state index contributed by atoms with van der Waals surface area (Å²) in [6.07, 6.45) is 7.93. The Morgan fingerprint density at radius 1 is 0.960 bits per heavy atom. The van der Waals surface area contributed by atoms with Crippen molar-refractivity contribution in [2.75, 3.05) is 5.75 Å². The average molecular weight is 352 g/mol. The van der Waals surface area contributed by atoms with Crippen molar-refractivity contribution in [2.45, 2.75) is 49.0 Å². The molecule has 1 amide bonds. The van der Waals surface area contributed by atoms with Crippen LogP contribution in [0.4, 0.5) is 0 Å². The monoisotopic (exact) mass is 351 g/mol. The lowest BCUT2D eigenvalue weighted by molar-refractivity contribution is -0.124. The van der Waals surface area contributed by atoms with Gasteiger partial charge in [0.1, 0.15) is 0 Å². The van der Waals surface area contributed by atoms with Crippen LogP contribution in [0.3, 0.4) is 0 Å². The maximum atomic E-state index is 12.7. The normalized spacial score (nSPS) is 32.9. The Labute approximate surface area is 153 Å². The van der Waals surface area contributed by atoms with Gasteiger partial charge in [0.15, 0.2) is 0 Å². The number of benzene rings is 2. The Kier molecular flexibility index (Phi) is 3.81. The van der Waals surface area contributed by atoms with Crippen molar-refractivity contribution in [3.05, 3.63) is 42.5 Å². The third-order valence-electron chi connectivity index (χ3n) is 6.55. The molecule has 4 bridgehead atoms. The largest absolute Gasteiger partial charge is 0.350 e. The van der Waals surface area contributed by atoms with Gasteiger partial charge >= 0.3 is 0 Å². The molecule has 4 aliphatic carbocycles. The summed E-state index contributed by atoms with van der Waals surface area (Å²) in [6, 6.07) is 14.8. The smallest absolute Gasteiger partial charge is 0.230 e. The summed E-state index contributed by atoms with van der Waals surface area (Å²) in [5.74, 6) is 3.36. The van der Waals surface area contributed by atoms with E-state index in [1.54, 1.807) is 11.8 Å². The van der Waals surface area contributed by atoms with E-state index < -0.39 is 0 Å². The zero-order chi connectivity index (χ0) is 16.9. The van der Waals surface area contributed by atoms with Crippen LogP contribution in [0.15, 0.2) is 47.4 Å². The lowest BCUT2D eigenvalue weighted by atomic mass is 9.53. The van der Waals surface area contributed by atoms with Gasteiger partial charge < -0.3 is 5.32 Å². The molecule has 1 N–H and O–H groups in total. The molecule has 3 heteroatoms. The fourth-order valence-electron chi connectivity index (χ4n) is 6.06. The summed E-state index contributed by atoms with van der Waals surface area (Å²) < 4.78 is 0. The van der Waals surface area contributed by atoms with Crippen molar-refractivity contribution in [1.82, 2.24) is 5.32 Å². The van der Waals surface area contributed by atoms with Crippen molar-refractivity contribution >= 4 is 28.4 Å². The first-order valence-electron chi connectivity index (χ1n) is 9.61. The van der Waals surface area contributed by atoms with Gasteiger partial charge in [0.05, 0.1) is 5.75 Å². The molecule has 2 aromatic carbocycles. The van der Waals surface area contributed by atoms with Gasteiger partial charge in [-0.05, 0) is 73.1 Å². The fraction of sp³-hybridized carbons (Fsp3) is 0.500. The summed E-state index contributed by atoms with van der Waals surface area (Å²) in [5.41, 5.74) is 0.130. The summed E-state index contributed by atoms with van der Waals surface area (Å²) >= 11 is 1.67. The second-order valence-corrected chi connectivity index (χ2v) is 9.53. The van der Waals surface area contributed by atoms with Crippen LogP contribution in [-0.4, -0.2) is 17.2 Å². The average Bonchev–Trinajstić information content (AvgIpc) is 2.58. The molecule has 0 spiro atoms. The lowest BCUT2D eigenvalue weighted by Crippen LogP contribution is -2.60. The molecule has 0 radical (unpaired) electrons. The topological polar surface area (TPSA) is 29.1 Å². The summed E-state index contributed by atoms with van der Waals surface area (Å²) in [4.78, 5) is 13.9. The zero-order valence-corrected chi connectivity index (χ0v) is 15.4. The Bertz CT molecular complexity index is 774. The van der Waals surface area contributed by atoms with Crippen molar-refractivity contribution in [1.29, 1.82) is 0 Å².